The van der Waals surface area contributed by atoms with E-state index in [9.17, 15) is 34.6 Å². The summed E-state index contributed by atoms with van der Waals surface area (Å²) >= 11 is 0. The van der Waals surface area contributed by atoms with Gasteiger partial charge in [-0.15, -0.1) is 5.06 Å². The van der Waals surface area contributed by atoms with Gasteiger partial charge in [0.2, 0.25) is 0 Å². The molecule has 1 heterocycles. The fourth-order valence-corrected chi connectivity index (χ4v) is 1.94. The van der Waals surface area contributed by atoms with Crippen LogP contribution in [0.3, 0.4) is 0 Å². The second kappa shape index (κ2) is 6.17. The van der Waals surface area contributed by atoms with E-state index in [2.05, 4.69) is 4.84 Å². The topological polar surface area (TPSA) is 150 Å². The summed E-state index contributed by atoms with van der Waals surface area (Å²) in [4.78, 5) is 58.5. The van der Waals surface area contributed by atoms with Crippen molar-refractivity contribution in [1.82, 2.24) is 5.06 Å². The predicted molar refractivity (Wildman–Crippen MR) is 70.6 cm³/mol. The first-order chi connectivity index (χ1) is 10.8. The lowest BCUT2D eigenvalue weighted by Gasteiger charge is -2.12. The smallest absolute Gasteiger partial charge is 0.330 e. The van der Waals surface area contributed by atoms with Crippen LogP contribution in [-0.2, 0) is 25.6 Å². The van der Waals surface area contributed by atoms with Crippen LogP contribution in [0.1, 0.15) is 18.4 Å². The quantitative estimate of drug-likeness (QED) is 0.435. The molecule has 11 nitrogen and oxygen atoms in total. The van der Waals surface area contributed by atoms with Crippen LogP contribution in [0.4, 0.5) is 11.4 Å². The highest BCUT2D eigenvalue weighted by atomic mass is 16.7. The van der Waals surface area contributed by atoms with Gasteiger partial charge in [0, 0.05) is 25.0 Å². The van der Waals surface area contributed by atoms with Crippen molar-refractivity contribution in [3.8, 4) is 0 Å². The van der Waals surface area contributed by atoms with Crippen LogP contribution in [-0.4, -0.2) is 32.7 Å². The van der Waals surface area contributed by atoms with E-state index in [1.165, 1.54) is 0 Å². The lowest BCUT2D eigenvalue weighted by molar-refractivity contribution is -0.422. The number of hydroxylamine groups is 2. The number of hydrogen-bond donors (Lipinski definition) is 0. The fourth-order valence-electron chi connectivity index (χ4n) is 1.94. The molecule has 0 N–H and O–H groups in total. The third kappa shape index (κ3) is 3.45. The molecular weight excluding hydrogens is 314 g/mol. The number of rotatable bonds is 5. The first kappa shape index (κ1) is 16.0. The maximum absolute atomic E-state index is 11.7. The van der Waals surface area contributed by atoms with Gasteiger partial charge >= 0.3 is 17.3 Å². The van der Waals surface area contributed by atoms with E-state index in [0.29, 0.717) is 5.06 Å². The molecule has 0 atom stereocenters. The average molecular weight is 323 g/mol. The van der Waals surface area contributed by atoms with Gasteiger partial charge in [0.1, 0.15) is 0 Å². The average Bonchev–Trinajstić information content (AvgIpc) is 2.78. The third-order valence-corrected chi connectivity index (χ3v) is 2.98. The third-order valence-electron chi connectivity index (χ3n) is 2.98. The number of hydrogen-bond acceptors (Lipinski definition) is 8. The van der Waals surface area contributed by atoms with E-state index in [4.69, 9.17) is 0 Å². The molecule has 11 heteroatoms. The zero-order chi connectivity index (χ0) is 17.1. The summed E-state index contributed by atoms with van der Waals surface area (Å²) in [5.41, 5.74) is -1.41. The normalized spacial score (nSPS) is 14.0. The van der Waals surface area contributed by atoms with Crippen LogP contribution in [0.2, 0.25) is 0 Å². The molecule has 0 saturated carbocycles. The monoisotopic (exact) mass is 323 g/mol. The van der Waals surface area contributed by atoms with Gasteiger partial charge < -0.3 is 4.84 Å². The Morgan fingerprint density at radius 2 is 1.65 bits per heavy atom. The molecule has 0 aliphatic carbocycles. The summed E-state index contributed by atoms with van der Waals surface area (Å²) in [6, 6.07) is 2.92. The molecule has 2 rings (SSSR count). The van der Waals surface area contributed by atoms with Gasteiger partial charge in [0.25, 0.3) is 11.8 Å². The van der Waals surface area contributed by atoms with Gasteiger partial charge in [-0.25, -0.2) is 4.79 Å². The first-order valence-corrected chi connectivity index (χ1v) is 6.28. The van der Waals surface area contributed by atoms with Crippen molar-refractivity contribution < 1.29 is 29.1 Å². The molecule has 1 aliphatic rings. The van der Waals surface area contributed by atoms with Crippen molar-refractivity contribution in [2.75, 3.05) is 0 Å². The number of benzene rings is 1. The van der Waals surface area contributed by atoms with E-state index >= 15 is 0 Å². The predicted octanol–water partition coefficient (Wildman–Crippen LogP) is 0.653. The lowest BCUT2D eigenvalue weighted by Crippen LogP contribution is -2.32. The Labute approximate surface area is 127 Å². The van der Waals surface area contributed by atoms with Gasteiger partial charge in [-0.2, -0.15) is 0 Å². The van der Waals surface area contributed by atoms with Gasteiger partial charge in [0.15, 0.2) is 0 Å². The summed E-state index contributed by atoms with van der Waals surface area (Å²) in [6.45, 7) is 0. The van der Waals surface area contributed by atoms with Gasteiger partial charge in [-0.05, 0) is 5.56 Å². The van der Waals surface area contributed by atoms with Crippen molar-refractivity contribution >= 4 is 29.2 Å². The molecular formula is C12H9N3O8. The molecule has 1 saturated heterocycles. The molecule has 1 aliphatic heterocycles. The van der Waals surface area contributed by atoms with E-state index in [1.807, 2.05) is 0 Å². The number of carbonyl (C=O) groups excluding carboxylic acids is 3. The Bertz CT molecular complexity index is 713. The number of imide groups is 1. The van der Waals surface area contributed by atoms with Crippen LogP contribution < -0.4 is 0 Å². The highest BCUT2D eigenvalue weighted by molar-refractivity contribution is 6.01. The van der Waals surface area contributed by atoms with Crippen molar-refractivity contribution in [3.05, 3.63) is 44.0 Å². The minimum absolute atomic E-state index is 0.0604. The SMILES string of the molecule is O=C(Cc1ccc([N+](=O)[O-])c([N+](=O)[O-])c1)ON1C(=O)CCC1=O. The zero-order valence-electron chi connectivity index (χ0n) is 11.5. The number of nitrogens with zero attached hydrogens (tertiary/aromatic N) is 3. The molecule has 120 valence electrons. The molecule has 0 unspecified atom stereocenters. The standard InChI is InChI=1S/C12H9N3O8/c16-10-3-4-11(17)13(10)23-12(18)6-7-1-2-8(14(19)20)9(5-7)15(21)22/h1-2,5H,3-4,6H2. The second-order valence-electron chi connectivity index (χ2n) is 4.56. The molecule has 0 aromatic heterocycles. The minimum atomic E-state index is -0.989. The van der Waals surface area contributed by atoms with Crippen LogP contribution >= 0.6 is 0 Å². The molecule has 23 heavy (non-hydrogen) atoms. The molecule has 0 spiro atoms. The summed E-state index contributed by atoms with van der Waals surface area (Å²) in [5, 5.41) is 21.9. The number of amides is 2. The highest BCUT2D eigenvalue weighted by Crippen LogP contribution is 2.27. The van der Waals surface area contributed by atoms with Gasteiger partial charge in [0.05, 0.1) is 16.3 Å². The molecule has 1 aromatic rings. The van der Waals surface area contributed by atoms with Gasteiger partial charge in [-0.1, -0.05) is 6.07 Å². The van der Waals surface area contributed by atoms with Crippen molar-refractivity contribution in [3.63, 3.8) is 0 Å². The molecule has 0 bridgehead atoms. The summed E-state index contributed by atoms with van der Waals surface area (Å²) < 4.78 is 0. The Morgan fingerprint density at radius 1 is 1.09 bits per heavy atom. The first-order valence-electron chi connectivity index (χ1n) is 6.28. The molecule has 1 fully saturated rings. The van der Waals surface area contributed by atoms with Gasteiger partial charge in [-0.3, -0.25) is 29.8 Å². The lowest BCUT2D eigenvalue weighted by atomic mass is 10.1. The van der Waals surface area contributed by atoms with E-state index in [1.54, 1.807) is 0 Å². The van der Waals surface area contributed by atoms with Crippen molar-refractivity contribution in [1.29, 1.82) is 0 Å². The van der Waals surface area contributed by atoms with E-state index < -0.39 is 45.4 Å². The Balaban J connectivity index is 2.13. The zero-order valence-corrected chi connectivity index (χ0v) is 11.5. The maximum Gasteiger partial charge on any atom is 0.346 e. The van der Waals surface area contributed by atoms with Crippen LogP contribution in [0.5, 0.6) is 0 Å². The van der Waals surface area contributed by atoms with Crippen LogP contribution in [0.25, 0.3) is 0 Å². The number of carbonyl (C=O) groups is 3. The van der Waals surface area contributed by atoms with Crippen LogP contribution in [0.15, 0.2) is 18.2 Å². The molecule has 2 amide bonds. The van der Waals surface area contributed by atoms with Crippen molar-refractivity contribution in [2.24, 2.45) is 0 Å². The maximum atomic E-state index is 11.7. The van der Waals surface area contributed by atoms with Crippen LogP contribution in [0, 0.1) is 20.2 Å². The summed E-state index contributed by atoms with van der Waals surface area (Å²) in [7, 11) is 0. The summed E-state index contributed by atoms with van der Waals surface area (Å²) in [6.07, 6.45) is -0.611. The second-order valence-corrected chi connectivity index (χ2v) is 4.56. The Kier molecular flexibility index (Phi) is 4.30. The number of nitro benzene ring substituents is 2. The Morgan fingerprint density at radius 3 is 2.17 bits per heavy atom. The van der Waals surface area contributed by atoms with Crippen molar-refractivity contribution in [2.45, 2.75) is 19.3 Å². The fraction of sp³-hybridized carbons (Fsp3) is 0.250. The highest BCUT2D eigenvalue weighted by Gasteiger charge is 2.33. The largest absolute Gasteiger partial charge is 0.346 e. The minimum Gasteiger partial charge on any atom is -0.330 e. The summed E-state index contributed by atoms with van der Waals surface area (Å²) in [5.74, 6) is -2.30. The Hall–Kier alpha value is -3.37. The molecule has 0 radical (unpaired) electrons. The van der Waals surface area contributed by atoms with E-state index in [0.717, 1.165) is 18.2 Å². The number of nitro groups is 2. The van der Waals surface area contributed by atoms with E-state index in [-0.39, 0.29) is 18.4 Å². The molecule has 1 aromatic carbocycles.